The molecule has 0 saturated carbocycles. The van der Waals surface area contributed by atoms with Crippen LogP contribution in [0.5, 0.6) is 0 Å². The second-order valence-corrected chi connectivity index (χ2v) is 4.93. The summed E-state index contributed by atoms with van der Waals surface area (Å²) >= 11 is 0. The molecule has 0 radical (unpaired) electrons. The number of para-hydroxylation sites is 1. The fourth-order valence-corrected chi connectivity index (χ4v) is 2.53. The number of hydrogen-bond donors (Lipinski definition) is 1. The highest BCUT2D eigenvalue weighted by Crippen LogP contribution is 2.27. The lowest BCUT2D eigenvalue weighted by molar-refractivity contribution is 0.369. The summed E-state index contributed by atoms with van der Waals surface area (Å²) in [5, 5.41) is 3.93. The number of anilines is 1. The Morgan fingerprint density at radius 1 is 1.42 bits per heavy atom. The number of benzene rings is 1. The zero-order valence-electron chi connectivity index (χ0n) is 11.0. The minimum absolute atomic E-state index is 0.156. The summed E-state index contributed by atoms with van der Waals surface area (Å²) in [6, 6.07) is 8.51. The fraction of sp³-hybridized carbons (Fsp3) is 0.429. The summed E-state index contributed by atoms with van der Waals surface area (Å²) in [6.07, 6.45) is 1.72. The molecule has 2 heterocycles. The van der Waals surface area contributed by atoms with Crippen LogP contribution in [-0.2, 0) is 19.4 Å². The zero-order valence-corrected chi connectivity index (χ0v) is 11.0. The first kappa shape index (κ1) is 12.2. The van der Waals surface area contributed by atoms with Crippen LogP contribution in [0.1, 0.15) is 24.2 Å². The Bertz CT molecular complexity index is 566. The van der Waals surface area contributed by atoms with Gasteiger partial charge in [0.25, 0.3) is 0 Å². The molecule has 2 N–H and O–H groups in total. The van der Waals surface area contributed by atoms with Gasteiger partial charge in [0.2, 0.25) is 5.89 Å². The number of nitrogens with two attached hydrogens (primary N) is 1. The van der Waals surface area contributed by atoms with Gasteiger partial charge in [0.15, 0.2) is 5.82 Å². The van der Waals surface area contributed by atoms with Gasteiger partial charge in [-0.2, -0.15) is 4.98 Å². The molecule has 1 aliphatic rings. The Labute approximate surface area is 112 Å². The lowest BCUT2D eigenvalue weighted by atomic mass is 9.98. The van der Waals surface area contributed by atoms with Crippen molar-refractivity contribution in [3.05, 3.63) is 41.5 Å². The van der Waals surface area contributed by atoms with E-state index in [1.165, 1.54) is 11.3 Å². The highest BCUT2D eigenvalue weighted by molar-refractivity contribution is 5.56. The van der Waals surface area contributed by atoms with Crippen molar-refractivity contribution in [3.63, 3.8) is 0 Å². The molecular weight excluding hydrogens is 240 g/mol. The van der Waals surface area contributed by atoms with Crippen molar-refractivity contribution in [3.8, 4) is 0 Å². The van der Waals surface area contributed by atoms with E-state index in [-0.39, 0.29) is 6.04 Å². The number of rotatable bonds is 3. The average molecular weight is 258 g/mol. The molecule has 1 aromatic heterocycles. The average Bonchev–Trinajstić information content (AvgIpc) is 2.86. The molecular formula is C14H18N4O. The summed E-state index contributed by atoms with van der Waals surface area (Å²) < 4.78 is 5.26. The van der Waals surface area contributed by atoms with Crippen molar-refractivity contribution in [1.29, 1.82) is 0 Å². The first-order valence-corrected chi connectivity index (χ1v) is 6.66. The monoisotopic (exact) mass is 258 g/mol. The van der Waals surface area contributed by atoms with Gasteiger partial charge in [0, 0.05) is 24.7 Å². The predicted molar refractivity (Wildman–Crippen MR) is 72.8 cm³/mol. The van der Waals surface area contributed by atoms with Crippen molar-refractivity contribution < 1.29 is 4.52 Å². The van der Waals surface area contributed by atoms with Crippen LogP contribution in [-0.4, -0.2) is 22.7 Å². The van der Waals surface area contributed by atoms with Crippen LogP contribution in [0.25, 0.3) is 0 Å². The third-order valence-electron chi connectivity index (χ3n) is 3.42. The van der Waals surface area contributed by atoms with Gasteiger partial charge >= 0.3 is 0 Å². The number of aromatic nitrogens is 2. The molecule has 5 heteroatoms. The van der Waals surface area contributed by atoms with E-state index in [4.69, 9.17) is 10.3 Å². The Kier molecular flexibility index (Phi) is 3.21. The third-order valence-corrected chi connectivity index (χ3v) is 3.42. The van der Waals surface area contributed by atoms with Crippen molar-refractivity contribution in [2.24, 2.45) is 5.73 Å². The van der Waals surface area contributed by atoms with Crippen molar-refractivity contribution in [1.82, 2.24) is 10.1 Å². The normalized spacial score (nSPS) is 18.4. The van der Waals surface area contributed by atoms with Gasteiger partial charge in [-0.25, -0.2) is 0 Å². The molecule has 0 fully saturated rings. The maximum atomic E-state index is 6.12. The van der Waals surface area contributed by atoms with Crippen LogP contribution < -0.4 is 10.6 Å². The molecule has 1 atom stereocenters. The largest absolute Gasteiger partial charge is 0.360 e. The van der Waals surface area contributed by atoms with Crippen LogP contribution in [0.2, 0.25) is 0 Å². The second-order valence-electron chi connectivity index (χ2n) is 4.93. The lowest BCUT2D eigenvalue weighted by Crippen LogP contribution is -2.42. The zero-order chi connectivity index (χ0) is 13.2. The van der Waals surface area contributed by atoms with E-state index in [0.29, 0.717) is 12.4 Å². The van der Waals surface area contributed by atoms with Crippen LogP contribution in [0.15, 0.2) is 28.8 Å². The van der Waals surface area contributed by atoms with Gasteiger partial charge in [0.1, 0.15) is 0 Å². The molecule has 19 heavy (non-hydrogen) atoms. The van der Waals surface area contributed by atoms with E-state index in [2.05, 4.69) is 33.2 Å². The van der Waals surface area contributed by atoms with Crippen molar-refractivity contribution in [2.75, 3.05) is 11.4 Å². The molecule has 0 aliphatic carbocycles. The number of hydrogen-bond acceptors (Lipinski definition) is 5. The highest BCUT2D eigenvalue weighted by atomic mass is 16.5. The number of nitrogens with zero attached hydrogens (tertiary/aromatic N) is 3. The van der Waals surface area contributed by atoms with Crippen LogP contribution in [0, 0.1) is 0 Å². The highest BCUT2D eigenvalue weighted by Gasteiger charge is 2.23. The lowest BCUT2D eigenvalue weighted by Gasteiger charge is -2.33. The Hall–Kier alpha value is -1.88. The van der Waals surface area contributed by atoms with E-state index >= 15 is 0 Å². The van der Waals surface area contributed by atoms with Gasteiger partial charge in [-0.3, -0.25) is 0 Å². The summed E-state index contributed by atoms with van der Waals surface area (Å²) in [5.41, 5.74) is 8.63. The van der Waals surface area contributed by atoms with Crippen LogP contribution in [0.3, 0.4) is 0 Å². The smallest absolute Gasteiger partial charge is 0.246 e. The molecule has 0 bridgehead atoms. The van der Waals surface area contributed by atoms with E-state index in [1.807, 2.05) is 13.0 Å². The molecule has 1 aromatic carbocycles. The van der Waals surface area contributed by atoms with E-state index in [0.717, 1.165) is 25.2 Å². The maximum Gasteiger partial charge on any atom is 0.246 e. The topological polar surface area (TPSA) is 68.2 Å². The maximum absolute atomic E-state index is 6.12. The molecule has 0 amide bonds. The first-order valence-electron chi connectivity index (χ1n) is 6.66. The summed E-state index contributed by atoms with van der Waals surface area (Å²) in [4.78, 5) is 6.58. The number of aryl methyl sites for hydroxylation is 1. The molecule has 5 nitrogen and oxygen atoms in total. The summed E-state index contributed by atoms with van der Waals surface area (Å²) in [6.45, 7) is 3.46. The molecule has 1 aliphatic heterocycles. The Morgan fingerprint density at radius 3 is 3.05 bits per heavy atom. The van der Waals surface area contributed by atoms with Crippen LogP contribution >= 0.6 is 0 Å². The quantitative estimate of drug-likeness (QED) is 0.904. The van der Waals surface area contributed by atoms with E-state index in [1.54, 1.807) is 0 Å². The van der Waals surface area contributed by atoms with E-state index < -0.39 is 0 Å². The van der Waals surface area contributed by atoms with E-state index in [9.17, 15) is 0 Å². The van der Waals surface area contributed by atoms with Crippen LogP contribution in [0.4, 0.5) is 5.69 Å². The van der Waals surface area contributed by atoms with Crippen molar-refractivity contribution >= 4 is 5.69 Å². The van der Waals surface area contributed by atoms with Gasteiger partial charge < -0.3 is 15.2 Å². The van der Waals surface area contributed by atoms with Gasteiger partial charge in [0.05, 0.1) is 6.54 Å². The van der Waals surface area contributed by atoms with Crippen molar-refractivity contribution in [2.45, 2.75) is 32.4 Å². The minimum Gasteiger partial charge on any atom is -0.360 e. The van der Waals surface area contributed by atoms with Gasteiger partial charge in [-0.1, -0.05) is 30.3 Å². The molecule has 2 aromatic rings. The Morgan fingerprint density at radius 2 is 2.26 bits per heavy atom. The molecule has 1 unspecified atom stereocenters. The van der Waals surface area contributed by atoms with Gasteiger partial charge in [-0.15, -0.1) is 0 Å². The first-order chi connectivity index (χ1) is 9.26. The minimum atomic E-state index is 0.156. The standard InChI is InChI=1S/C14H18N4O/c1-2-13-16-14(19-17-13)9-18-8-11(15)7-10-5-3-4-6-12(10)18/h3-6,11H,2,7-9,15H2,1H3. The predicted octanol–water partition coefficient (Wildman–Crippen LogP) is 1.52. The molecule has 0 spiro atoms. The molecule has 0 saturated heterocycles. The summed E-state index contributed by atoms with van der Waals surface area (Å²) in [7, 11) is 0. The number of fused-ring (bicyclic) bond motifs is 1. The second kappa shape index (κ2) is 5.01. The molecule has 100 valence electrons. The van der Waals surface area contributed by atoms with Gasteiger partial charge in [-0.05, 0) is 18.1 Å². The third kappa shape index (κ3) is 2.46. The molecule has 3 rings (SSSR count). The fourth-order valence-electron chi connectivity index (χ4n) is 2.53. The SMILES string of the molecule is CCc1noc(CN2CC(N)Cc3ccccc32)n1. The Balaban J connectivity index is 1.84. The summed E-state index contributed by atoms with van der Waals surface area (Å²) in [5.74, 6) is 1.41.